The van der Waals surface area contributed by atoms with Crippen LogP contribution in [0.25, 0.3) is 6.08 Å². The van der Waals surface area contributed by atoms with Crippen LogP contribution in [0.3, 0.4) is 0 Å². The van der Waals surface area contributed by atoms with Gasteiger partial charge in [-0.25, -0.2) is 4.79 Å². The highest BCUT2D eigenvalue weighted by Gasteiger charge is 2.12. The van der Waals surface area contributed by atoms with Gasteiger partial charge in [0, 0.05) is 16.7 Å². The van der Waals surface area contributed by atoms with Gasteiger partial charge in [0.2, 0.25) is 0 Å². The zero-order valence-corrected chi connectivity index (χ0v) is 15.2. The lowest BCUT2D eigenvalue weighted by Crippen LogP contribution is -2.06. The summed E-state index contributed by atoms with van der Waals surface area (Å²) in [6.07, 6.45) is 2.48. The Morgan fingerprint density at radius 2 is 2.04 bits per heavy atom. The molecule has 0 aliphatic heterocycles. The predicted molar refractivity (Wildman–Crippen MR) is 99.1 cm³/mol. The molecule has 0 N–H and O–H groups in total. The number of hydrogen-bond donors (Lipinski definition) is 0. The molecule has 0 saturated heterocycles. The van der Waals surface area contributed by atoms with E-state index in [2.05, 4.69) is 0 Å². The van der Waals surface area contributed by atoms with Gasteiger partial charge in [-0.2, -0.15) is 5.26 Å². The maximum Gasteiger partial charge on any atom is 0.331 e. The lowest BCUT2D eigenvalue weighted by molar-refractivity contribution is -0.142. The van der Waals surface area contributed by atoms with E-state index in [9.17, 15) is 4.79 Å². The van der Waals surface area contributed by atoms with Crippen LogP contribution in [0.5, 0.6) is 11.5 Å². The van der Waals surface area contributed by atoms with Crippen molar-refractivity contribution >= 4 is 23.6 Å². The second kappa shape index (κ2) is 9.50. The first-order chi connectivity index (χ1) is 12.5. The van der Waals surface area contributed by atoms with Crippen LogP contribution >= 0.6 is 11.6 Å². The van der Waals surface area contributed by atoms with Crippen LogP contribution in [0.15, 0.2) is 48.5 Å². The Hall–Kier alpha value is -2.97. The Morgan fingerprint density at radius 1 is 1.27 bits per heavy atom. The second-order valence-corrected chi connectivity index (χ2v) is 5.70. The molecule has 2 rings (SSSR count). The first-order valence-electron chi connectivity index (χ1n) is 7.86. The number of nitrogens with zero attached hydrogens (tertiary/aromatic N) is 1. The summed E-state index contributed by atoms with van der Waals surface area (Å²) >= 11 is 6.10. The third kappa shape index (κ3) is 5.27. The van der Waals surface area contributed by atoms with Crippen molar-refractivity contribution in [2.24, 2.45) is 0 Å². The van der Waals surface area contributed by atoms with E-state index in [0.717, 1.165) is 11.1 Å². The Bertz CT molecular complexity index is 842. The highest BCUT2D eigenvalue weighted by molar-refractivity contribution is 6.31. The van der Waals surface area contributed by atoms with Gasteiger partial charge in [0.1, 0.15) is 12.2 Å². The fourth-order valence-electron chi connectivity index (χ4n) is 2.26. The van der Waals surface area contributed by atoms with E-state index >= 15 is 0 Å². The zero-order valence-electron chi connectivity index (χ0n) is 14.4. The molecule has 2 aromatic rings. The fraction of sp³-hybridized carbons (Fsp3) is 0.200. The van der Waals surface area contributed by atoms with Crippen LogP contribution in [0.1, 0.15) is 24.2 Å². The maximum absolute atomic E-state index is 12.0. The molecule has 0 bridgehead atoms. The average molecular weight is 372 g/mol. The van der Waals surface area contributed by atoms with Gasteiger partial charge in [-0.05, 0) is 36.8 Å². The minimum atomic E-state index is -0.485. The smallest absolute Gasteiger partial charge is 0.331 e. The van der Waals surface area contributed by atoms with Crippen LogP contribution < -0.4 is 9.47 Å². The van der Waals surface area contributed by atoms with E-state index in [1.54, 1.807) is 37.3 Å². The molecule has 0 aromatic heterocycles. The van der Waals surface area contributed by atoms with Gasteiger partial charge < -0.3 is 14.2 Å². The number of carbonyl (C=O) groups is 1. The van der Waals surface area contributed by atoms with Crippen molar-refractivity contribution in [3.63, 3.8) is 0 Å². The molecular formula is C20H18ClNO4. The van der Waals surface area contributed by atoms with Gasteiger partial charge in [0.05, 0.1) is 7.11 Å². The molecule has 0 unspecified atom stereocenters. The van der Waals surface area contributed by atoms with Crippen LogP contribution in [0, 0.1) is 11.3 Å². The minimum absolute atomic E-state index is 0.0716. The predicted octanol–water partition coefficient (Wildman–Crippen LogP) is 4.57. The van der Waals surface area contributed by atoms with Gasteiger partial charge in [0.25, 0.3) is 0 Å². The summed E-state index contributed by atoms with van der Waals surface area (Å²) in [4.78, 5) is 12.0. The van der Waals surface area contributed by atoms with Crippen LogP contribution in [-0.2, 0) is 9.53 Å². The van der Waals surface area contributed by atoms with Gasteiger partial charge >= 0.3 is 5.97 Å². The Balaban J connectivity index is 2.03. The number of rotatable bonds is 7. The SMILES string of the molecule is COc1cc(/C=C/C(=O)O[C@@H](C)c2ccccc2Cl)ccc1OCC#N. The van der Waals surface area contributed by atoms with Gasteiger partial charge in [-0.1, -0.05) is 35.9 Å². The molecule has 0 saturated carbocycles. The molecule has 0 amide bonds. The molecule has 0 aliphatic rings. The fourth-order valence-corrected chi connectivity index (χ4v) is 2.55. The number of halogens is 1. The van der Waals surface area contributed by atoms with Crippen LogP contribution in [0.4, 0.5) is 0 Å². The summed E-state index contributed by atoms with van der Waals surface area (Å²) in [7, 11) is 1.50. The van der Waals surface area contributed by atoms with E-state index < -0.39 is 12.1 Å². The maximum atomic E-state index is 12.0. The molecular weight excluding hydrogens is 354 g/mol. The molecule has 6 heteroatoms. The van der Waals surface area contributed by atoms with Crippen molar-refractivity contribution in [1.29, 1.82) is 5.26 Å². The van der Waals surface area contributed by atoms with Gasteiger partial charge in [-0.15, -0.1) is 0 Å². The molecule has 5 nitrogen and oxygen atoms in total. The molecule has 0 fully saturated rings. The number of carbonyl (C=O) groups excluding carboxylic acids is 1. The van der Waals surface area contributed by atoms with Gasteiger partial charge in [0.15, 0.2) is 18.1 Å². The molecule has 0 spiro atoms. The van der Waals surface area contributed by atoms with E-state index in [1.165, 1.54) is 13.2 Å². The lowest BCUT2D eigenvalue weighted by atomic mass is 10.1. The van der Waals surface area contributed by atoms with Gasteiger partial charge in [-0.3, -0.25) is 0 Å². The number of esters is 1. The van der Waals surface area contributed by atoms with E-state index in [1.807, 2.05) is 24.3 Å². The topological polar surface area (TPSA) is 68.6 Å². The molecule has 26 heavy (non-hydrogen) atoms. The summed E-state index contributed by atoms with van der Waals surface area (Å²) in [6.45, 7) is 1.69. The highest BCUT2D eigenvalue weighted by Crippen LogP contribution is 2.29. The molecule has 0 radical (unpaired) electrons. The van der Waals surface area contributed by atoms with Crippen LogP contribution in [0.2, 0.25) is 5.02 Å². The minimum Gasteiger partial charge on any atom is -0.493 e. The zero-order chi connectivity index (χ0) is 18.9. The summed E-state index contributed by atoms with van der Waals surface area (Å²) in [6, 6.07) is 14.2. The third-order valence-corrected chi connectivity index (χ3v) is 3.87. The number of nitriles is 1. The molecule has 0 heterocycles. The summed E-state index contributed by atoms with van der Waals surface area (Å²) < 4.78 is 15.9. The molecule has 134 valence electrons. The van der Waals surface area contributed by atoms with E-state index in [4.69, 9.17) is 31.1 Å². The van der Waals surface area contributed by atoms with Crippen molar-refractivity contribution in [1.82, 2.24) is 0 Å². The largest absolute Gasteiger partial charge is 0.493 e. The normalized spacial score (nSPS) is 11.6. The van der Waals surface area contributed by atoms with Crippen molar-refractivity contribution in [3.05, 3.63) is 64.7 Å². The number of hydrogen-bond acceptors (Lipinski definition) is 5. The number of benzene rings is 2. The standard InChI is InChI=1S/C20H18ClNO4/c1-14(16-5-3-4-6-17(16)21)26-20(23)10-8-15-7-9-18(25-12-11-22)19(13-15)24-2/h3-10,13-14H,12H2,1-2H3/b10-8+/t14-/m0/s1. The van der Waals surface area contributed by atoms with Crippen molar-refractivity contribution < 1.29 is 19.0 Å². The number of methoxy groups -OCH3 is 1. The van der Waals surface area contributed by atoms with Crippen molar-refractivity contribution in [2.45, 2.75) is 13.0 Å². The monoisotopic (exact) mass is 371 g/mol. The Kier molecular flexibility index (Phi) is 7.07. The van der Waals surface area contributed by atoms with Crippen molar-refractivity contribution in [2.75, 3.05) is 13.7 Å². The Morgan fingerprint density at radius 3 is 2.73 bits per heavy atom. The Labute approximate surface area is 157 Å². The lowest BCUT2D eigenvalue weighted by Gasteiger charge is -2.13. The first-order valence-corrected chi connectivity index (χ1v) is 8.24. The third-order valence-electron chi connectivity index (χ3n) is 3.53. The highest BCUT2D eigenvalue weighted by atomic mass is 35.5. The number of ether oxygens (including phenoxy) is 3. The first kappa shape index (κ1) is 19.4. The van der Waals surface area contributed by atoms with Crippen molar-refractivity contribution in [3.8, 4) is 17.6 Å². The second-order valence-electron chi connectivity index (χ2n) is 5.29. The quantitative estimate of drug-likeness (QED) is 0.526. The summed E-state index contributed by atoms with van der Waals surface area (Å²) in [5.41, 5.74) is 1.48. The molecule has 0 aliphatic carbocycles. The van der Waals surface area contributed by atoms with E-state index in [-0.39, 0.29) is 6.61 Å². The molecule has 1 atom stereocenters. The van der Waals surface area contributed by atoms with E-state index in [0.29, 0.717) is 16.5 Å². The van der Waals surface area contributed by atoms with Crippen LogP contribution in [-0.4, -0.2) is 19.7 Å². The molecule has 2 aromatic carbocycles. The summed E-state index contributed by atoms with van der Waals surface area (Å²) in [5, 5.41) is 9.13. The average Bonchev–Trinajstić information content (AvgIpc) is 2.65. The summed E-state index contributed by atoms with van der Waals surface area (Å²) in [5.74, 6) is 0.447.